The number of nitrogens with one attached hydrogen (secondary N) is 2. The minimum atomic E-state index is -3.71. The van der Waals surface area contributed by atoms with Gasteiger partial charge >= 0.3 is 0 Å². The number of sulfonamides is 1. The Morgan fingerprint density at radius 1 is 1.07 bits per heavy atom. The molecule has 1 amide bonds. The minimum Gasteiger partial charge on any atom is -0.383 e. The Balaban J connectivity index is 2.04. The molecule has 0 radical (unpaired) electrons. The van der Waals surface area contributed by atoms with Crippen LogP contribution in [0.25, 0.3) is 0 Å². The van der Waals surface area contributed by atoms with Crippen LogP contribution < -0.4 is 10.0 Å². The number of amides is 1. The van der Waals surface area contributed by atoms with Gasteiger partial charge in [0.05, 0.1) is 18.1 Å². The van der Waals surface area contributed by atoms with Crippen molar-refractivity contribution in [1.82, 2.24) is 10.0 Å². The number of hydrogen-bond acceptors (Lipinski definition) is 5. The number of aryl methyl sites for hydroxylation is 1. The maximum absolute atomic E-state index is 12.6. The van der Waals surface area contributed by atoms with Crippen LogP contribution in [0, 0.1) is 6.92 Å². The van der Waals surface area contributed by atoms with Gasteiger partial charge in [-0.25, -0.2) is 13.1 Å². The molecule has 0 spiro atoms. The van der Waals surface area contributed by atoms with E-state index in [2.05, 4.69) is 10.0 Å². The summed E-state index contributed by atoms with van der Waals surface area (Å²) >= 11 is 0. The summed E-state index contributed by atoms with van der Waals surface area (Å²) in [6, 6.07) is 12.3. The van der Waals surface area contributed by atoms with Gasteiger partial charge in [-0.1, -0.05) is 30.3 Å². The second kappa shape index (κ2) is 11.1. The van der Waals surface area contributed by atoms with Gasteiger partial charge in [-0.2, -0.15) is 0 Å². The summed E-state index contributed by atoms with van der Waals surface area (Å²) in [6.07, 6.45) is 0. The Morgan fingerprint density at radius 2 is 1.76 bits per heavy atom. The van der Waals surface area contributed by atoms with Gasteiger partial charge in [-0.15, -0.1) is 0 Å². The fraction of sp³-hybridized carbons (Fsp3) is 0.381. The van der Waals surface area contributed by atoms with Gasteiger partial charge < -0.3 is 14.8 Å². The molecule has 8 heteroatoms. The second-order valence-corrected chi connectivity index (χ2v) is 8.27. The van der Waals surface area contributed by atoms with E-state index >= 15 is 0 Å². The fourth-order valence-corrected chi connectivity index (χ4v) is 3.66. The third-order valence-electron chi connectivity index (χ3n) is 4.31. The SMILES string of the molecule is CCOCc1ccc(CNC(=O)c2cc(S(=O)(=O)NCCOC)ccc2C)cc1. The molecule has 0 atom stereocenters. The summed E-state index contributed by atoms with van der Waals surface area (Å²) in [5.41, 5.74) is 3.04. The molecule has 0 unspecified atom stereocenters. The van der Waals surface area contributed by atoms with Gasteiger partial charge in [0, 0.05) is 32.4 Å². The zero-order valence-corrected chi connectivity index (χ0v) is 17.8. The standard InChI is InChI=1S/C21H28N2O5S/c1-4-28-15-18-8-6-17(7-9-18)14-22-21(24)20-13-19(10-5-16(20)2)29(25,26)23-11-12-27-3/h5-10,13,23H,4,11-12,14-15H2,1-3H3,(H,22,24). The molecule has 2 rings (SSSR count). The molecule has 158 valence electrons. The molecule has 0 fully saturated rings. The number of hydrogen-bond donors (Lipinski definition) is 2. The van der Waals surface area contributed by atoms with Crippen LogP contribution in [0.4, 0.5) is 0 Å². The lowest BCUT2D eigenvalue weighted by atomic mass is 10.1. The predicted molar refractivity (Wildman–Crippen MR) is 111 cm³/mol. The average Bonchev–Trinajstić information content (AvgIpc) is 2.71. The van der Waals surface area contributed by atoms with Crippen molar-refractivity contribution in [2.24, 2.45) is 0 Å². The second-order valence-electron chi connectivity index (χ2n) is 6.50. The summed E-state index contributed by atoms with van der Waals surface area (Å²) in [5.74, 6) is -0.324. The summed E-state index contributed by atoms with van der Waals surface area (Å²) < 4.78 is 37.4. The van der Waals surface area contributed by atoms with Crippen LogP contribution in [-0.2, 0) is 32.6 Å². The molecular formula is C21H28N2O5S. The molecule has 2 aromatic rings. The fourth-order valence-electron chi connectivity index (χ4n) is 2.63. The highest BCUT2D eigenvalue weighted by molar-refractivity contribution is 7.89. The smallest absolute Gasteiger partial charge is 0.251 e. The van der Waals surface area contributed by atoms with E-state index in [1.54, 1.807) is 13.0 Å². The van der Waals surface area contributed by atoms with Crippen LogP contribution in [0.1, 0.15) is 34.0 Å². The van der Waals surface area contributed by atoms with Crippen molar-refractivity contribution in [2.45, 2.75) is 31.9 Å². The molecule has 29 heavy (non-hydrogen) atoms. The summed E-state index contributed by atoms with van der Waals surface area (Å²) in [6.45, 7) is 5.70. The van der Waals surface area contributed by atoms with E-state index in [4.69, 9.17) is 9.47 Å². The average molecular weight is 421 g/mol. The third-order valence-corrected chi connectivity index (χ3v) is 5.77. The molecule has 0 aromatic heterocycles. The Hall–Kier alpha value is -2.26. The molecule has 0 heterocycles. The van der Waals surface area contributed by atoms with E-state index in [0.29, 0.717) is 30.9 Å². The Labute approximate surface area is 172 Å². The summed E-state index contributed by atoms with van der Waals surface area (Å²) in [7, 11) is -2.21. The van der Waals surface area contributed by atoms with Gasteiger partial charge in [0.25, 0.3) is 5.91 Å². The van der Waals surface area contributed by atoms with E-state index < -0.39 is 10.0 Å². The van der Waals surface area contributed by atoms with Crippen LogP contribution in [0.15, 0.2) is 47.4 Å². The molecule has 0 bridgehead atoms. The maximum atomic E-state index is 12.6. The molecule has 2 N–H and O–H groups in total. The van der Waals surface area contributed by atoms with E-state index in [1.165, 1.54) is 19.2 Å². The third kappa shape index (κ3) is 6.93. The predicted octanol–water partition coefficient (Wildman–Crippen LogP) is 2.39. The lowest BCUT2D eigenvalue weighted by molar-refractivity contribution is 0.0950. The van der Waals surface area contributed by atoms with Crippen LogP contribution >= 0.6 is 0 Å². The van der Waals surface area contributed by atoms with Crippen LogP contribution in [0.5, 0.6) is 0 Å². The Morgan fingerprint density at radius 3 is 2.41 bits per heavy atom. The highest BCUT2D eigenvalue weighted by Crippen LogP contribution is 2.16. The zero-order valence-electron chi connectivity index (χ0n) is 17.0. The number of carbonyl (C=O) groups is 1. The Kier molecular flexibility index (Phi) is 8.78. The summed E-state index contributed by atoms with van der Waals surface area (Å²) in [4.78, 5) is 12.7. The van der Waals surface area contributed by atoms with Crippen LogP contribution in [-0.4, -0.2) is 41.2 Å². The highest BCUT2D eigenvalue weighted by Gasteiger charge is 2.17. The van der Waals surface area contributed by atoms with Crippen molar-refractivity contribution in [2.75, 3.05) is 26.9 Å². The largest absolute Gasteiger partial charge is 0.383 e. The van der Waals surface area contributed by atoms with E-state index in [1.807, 2.05) is 31.2 Å². The van der Waals surface area contributed by atoms with Crippen molar-refractivity contribution >= 4 is 15.9 Å². The Bertz CT molecular complexity index is 911. The van der Waals surface area contributed by atoms with Crippen LogP contribution in [0.2, 0.25) is 0 Å². The number of carbonyl (C=O) groups excluding carboxylic acids is 1. The lowest BCUT2D eigenvalue weighted by Gasteiger charge is -2.11. The van der Waals surface area contributed by atoms with Crippen molar-refractivity contribution in [3.8, 4) is 0 Å². The first-order valence-corrected chi connectivity index (χ1v) is 10.9. The minimum absolute atomic E-state index is 0.0460. The number of benzene rings is 2. The first-order chi connectivity index (χ1) is 13.9. The molecule has 7 nitrogen and oxygen atoms in total. The number of ether oxygens (including phenoxy) is 2. The molecular weight excluding hydrogens is 392 g/mol. The lowest BCUT2D eigenvalue weighted by Crippen LogP contribution is -2.28. The van der Waals surface area contributed by atoms with Gasteiger partial charge in [0.1, 0.15) is 0 Å². The van der Waals surface area contributed by atoms with E-state index in [9.17, 15) is 13.2 Å². The molecule has 0 saturated carbocycles. The topological polar surface area (TPSA) is 93.7 Å². The monoisotopic (exact) mass is 420 g/mol. The van der Waals surface area contributed by atoms with E-state index in [-0.39, 0.29) is 24.0 Å². The van der Waals surface area contributed by atoms with E-state index in [0.717, 1.165) is 11.1 Å². The van der Waals surface area contributed by atoms with Gasteiger partial charge in [-0.05, 0) is 42.7 Å². The van der Waals surface area contributed by atoms with Gasteiger partial charge in [0.2, 0.25) is 10.0 Å². The zero-order chi connectivity index (χ0) is 21.3. The van der Waals surface area contributed by atoms with Crippen molar-refractivity contribution in [3.05, 3.63) is 64.7 Å². The quantitative estimate of drug-likeness (QED) is 0.545. The first-order valence-electron chi connectivity index (χ1n) is 9.40. The molecule has 0 aliphatic carbocycles. The maximum Gasteiger partial charge on any atom is 0.251 e. The molecule has 0 aliphatic rings. The highest BCUT2D eigenvalue weighted by atomic mass is 32.2. The first kappa shape index (κ1) is 23.0. The van der Waals surface area contributed by atoms with Gasteiger partial charge in [0.15, 0.2) is 0 Å². The number of rotatable bonds is 11. The van der Waals surface area contributed by atoms with Crippen LogP contribution in [0.3, 0.4) is 0 Å². The molecule has 2 aromatic carbocycles. The van der Waals surface area contributed by atoms with Gasteiger partial charge in [-0.3, -0.25) is 4.79 Å². The number of methoxy groups -OCH3 is 1. The molecule has 0 saturated heterocycles. The van der Waals surface area contributed by atoms with Crippen molar-refractivity contribution in [3.63, 3.8) is 0 Å². The van der Waals surface area contributed by atoms with Crippen molar-refractivity contribution in [1.29, 1.82) is 0 Å². The normalized spacial score (nSPS) is 11.4. The summed E-state index contributed by atoms with van der Waals surface area (Å²) in [5, 5.41) is 2.84. The molecule has 0 aliphatic heterocycles. The van der Waals surface area contributed by atoms with Crippen molar-refractivity contribution < 1.29 is 22.7 Å².